The molecule has 96 valence electrons. The fraction of sp³-hybridized carbons (Fsp3) is 0.562. The lowest BCUT2D eigenvalue weighted by Crippen LogP contribution is -2.58. The van der Waals surface area contributed by atoms with Gasteiger partial charge < -0.3 is 4.74 Å². The van der Waals surface area contributed by atoms with Crippen molar-refractivity contribution in [3.63, 3.8) is 0 Å². The molecule has 3 rings (SSSR count). The molecule has 0 saturated carbocycles. The summed E-state index contributed by atoms with van der Waals surface area (Å²) in [4.78, 5) is 12.4. The molecule has 2 heteroatoms. The van der Waals surface area contributed by atoms with Gasteiger partial charge in [0.25, 0.3) is 0 Å². The smallest absolute Gasteiger partial charge is 0.191 e. The highest BCUT2D eigenvalue weighted by Gasteiger charge is 2.56. The molecule has 0 saturated heterocycles. The molecule has 0 aromatic rings. The standard InChI is InChI=1S/C16H20O2/c1-10(2)16-12-7-5-6-11(12)15(3,4)14(18-16)9-8-13(16)17/h5-6,8-10,14H,7H2,1-4H3/t14-,16-/m1/s1. The van der Waals surface area contributed by atoms with Crippen molar-refractivity contribution in [2.45, 2.75) is 45.8 Å². The normalized spacial score (nSPS) is 36.5. The van der Waals surface area contributed by atoms with E-state index in [2.05, 4.69) is 39.8 Å². The van der Waals surface area contributed by atoms with Crippen molar-refractivity contribution in [3.8, 4) is 0 Å². The maximum Gasteiger partial charge on any atom is 0.191 e. The lowest BCUT2D eigenvalue weighted by molar-refractivity contribution is -0.161. The fourth-order valence-electron chi connectivity index (χ4n) is 3.59. The third kappa shape index (κ3) is 1.19. The maximum atomic E-state index is 12.4. The van der Waals surface area contributed by atoms with Crippen molar-refractivity contribution >= 4 is 5.78 Å². The predicted octanol–water partition coefficient (Wildman–Crippen LogP) is 3.20. The summed E-state index contributed by atoms with van der Waals surface area (Å²) in [6.45, 7) is 8.56. The third-order valence-electron chi connectivity index (χ3n) is 4.70. The lowest BCUT2D eigenvalue weighted by atomic mass is 9.65. The Balaban J connectivity index is 2.27. The van der Waals surface area contributed by atoms with E-state index in [0.717, 1.165) is 6.42 Å². The molecule has 2 nitrogen and oxygen atoms in total. The van der Waals surface area contributed by atoms with Gasteiger partial charge in [0.05, 0.1) is 6.10 Å². The number of fused-ring (bicyclic) bond motifs is 3. The molecule has 0 N–H and O–H groups in total. The Morgan fingerprint density at radius 1 is 1.33 bits per heavy atom. The van der Waals surface area contributed by atoms with Gasteiger partial charge in [-0.25, -0.2) is 0 Å². The Hall–Kier alpha value is -1.15. The van der Waals surface area contributed by atoms with E-state index in [1.807, 2.05) is 6.08 Å². The molecule has 2 aliphatic heterocycles. The van der Waals surface area contributed by atoms with Gasteiger partial charge in [-0.2, -0.15) is 0 Å². The van der Waals surface area contributed by atoms with Gasteiger partial charge >= 0.3 is 0 Å². The van der Waals surface area contributed by atoms with Gasteiger partial charge in [-0.05, 0) is 29.6 Å². The van der Waals surface area contributed by atoms with E-state index in [0.29, 0.717) is 0 Å². The molecule has 0 fully saturated rings. The summed E-state index contributed by atoms with van der Waals surface area (Å²) in [5.74, 6) is 0.277. The van der Waals surface area contributed by atoms with Crippen LogP contribution in [0.5, 0.6) is 0 Å². The van der Waals surface area contributed by atoms with E-state index >= 15 is 0 Å². The van der Waals surface area contributed by atoms with Gasteiger partial charge in [-0.15, -0.1) is 0 Å². The second-order valence-corrected chi connectivity index (χ2v) is 6.37. The van der Waals surface area contributed by atoms with Crippen LogP contribution in [0.15, 0.2) is 35.5 Å². The Labute approximate surface area is 108 Å². The molecule has 2 atom stereocenters. The molecule has 3 aliphatic rings. The fourth-order valence-corrected chi connectivity index (χ4v) is 3.59. The van der Waals surface area contributed by atoms with Gasteiger partial charge in [-0.3, -0.25) is 4.79 Å². The number of hydrogen-bond donors (Lipinski definition) is 0. The van der Waals surface area contributed by atoms with Crippen LogP contribution < -0.4 is 0 Å². The Morgan fingerprint density at radius 3 is 2.72 bits per heavy atom. The van der Waals surface area contributed by atoms with Gasteiger partial charge in [0.15, 0.2) is 11.4 Å². The second kappa shape index (κ2) is 3.45. The maximum absolute atomic E-state index is 12.4. The highest BCUT2D eigenvalue weighted by Crippen LogP contribution is 2.53. The van der Waals surface area contributed by atoms with E-state index in [1.165, 1.54) is 11.1 Å². The SMILES string of the molecule is CC(C)[C@]12O[C@H](C=CC1=O)C(C)(C)C1=C2CC=C1. The van der Waals surface area contributed by atoms with Gasteiger partial charge in [-0.1, -0.05) is 45.9 Å². The Morgan fingerprint density at radius 2 is 2.06 bits per heavy atom. The van der Waals surface area contributed by atoms with Crippen molar-refractivity contribution in [1.82, 2.24) is 0 Å². The monoisotopic (exact) mass is 244 g/mol. The first-order valence-corrected chi connectivity index (χ1v) is 6.72. The van der Waals surface area contributed by atoms with Crippen molar-refractivity contribution in [2.24, 2.45) is 11.3 Å². The first-order chi connectivity index (χ1) is 8.40. The molecule has 0 aromatic carbocycles. The summed E-state index contributed by atoms with van der Waals surface area (Å²) >= 11 is 0. The summed E-state index contributed by atoms with van der Waals surface area (Å²) in [5, 5.41) is 0. The summed E-state index contributed by atoms with van der Waals surface area (Å²) in [5.41, 5.74) is 1.74. The number of ketones is 1. The molecule has 1 aliphatic carbocycles. The van der Waals surface area contributed by atoms with Crippen molar-refractivity contribution in [2.75, 3.05) is 0 Å². The first kappa shape index (κ1) is 11.9. The zero-order valence-corrected chi connectivity index (χ0v) is 11.5. The zero-order valence-electron chi connectivity index (χ0n) is 11.5. The predicted molar refractivity (Wildman–Crippen MR) is 71.2 cm³/mol. The largest absolute Gasteiger partial charge is 0.354 e. The van der Waals surface area contributed by atoms with Gasteiger partial charge in [0, 0.05) is 5.41 Å². The molecule has 0 amide bonds. The molecule has 0 spiro atoms. The molecule has 0 unspecified atom stereocenters. The summed E-state index contributed by atoms with van der Waals surface area (Å²) in [6.07, 6.45) is 8.86. The lowest BCUT2D eigenvalue weighted by Gasteiger charge is -2.51. The highest BCUT2D eigenvalue weighted by atomic mass is 16.5. The number of allylic oxidation sites excluding steroid dienone is 2. The molecule has 2 heterocycles. The quantitative estimate of drug-likeness (QED) is 0.708. The average molecular weight is 244 g/mol. The number of carbonyl (C=O) groups excluding carboxylic acids is 1. The topological polar surface area (TPSA) is 26.3 Å². The van der Waals surface area contributed by atoms with Crippen molar-refractivity contribution in [3.05, 3.63) is 35.5 Å². The van der Waals surface area contributed by atoms with Crippen LogP contribution in [0, 0.1) is 11.3 Å². The molecular weight excluding hydrogens is 224 g/mol. The minimum atomic E-state index is -0.715. The van der Waals surface area contributed by atoms with Gasteiger partial charge in [0.1, 0.15) is 0 Å². The van der Waals surface area contributed by atoms with Crippen LogP contribution in [0.3, 0.4) is 0 Å². The molecular formula is C16H20O2. The van der Waals surface area contributed by atoms with E-state index < -0.39 is 5.60 Å². The third-order valence-corrected chi connectivity index (χ3v) is 4.70. The van der Waals surface area contributed by atoms with Crippen LogP contribution in [0.2, 0.25) is 0 Å². The van der Waals surface area contributed by atoms with E-state index in [4.69, 9.17) is 4.74 Å². The number of ether oxygens (including phenoxy) is 1. The second-order valence-electron chi connectivity index (χ2n) is 6.37. The Bertz CT molecular complexity index is 505. The number of hydrogen-bond acceptors (Lipinski definition) is 2. The van der Waals surface area contributed by atoms with Crippen molar-refractivity contribution < 1.29 is 9.53 Å². The van der Waals surface area contributed by atoms with Crippen LogP contribution >= 0.6 is 0 Å². The minimum Gasteiger partial charge on any atom is -0.354 e. The molecule has 0 aromatic heterocycles. The summed E-state index contributed by atoms with van der Waals surface area (Å²) in [7, 11) is 0. The molecule has 0 radical (unpaired) electrons. The average Bonchev–Trinajstić information content (AvgIpc) is 2.78. The van der Waals surface area contributed by atoms with Gasteiger partial charge in [0.2, 0.25) is 0 Å². The van der Waals surface area contributed by atoms with E-state index in [1.54, 1.807) is 6.08 Å². The van der Waals surface area contributed by atoms with Crippen LogP contribution in [0.1, 0.15) is 34.1 Å². The number of rotatable bonds is 1. The minimum absolute atomic E-state index is 0.000833. The van der Waals surface area contributed by atoms with E-state index in [-0.39, 0.29) is 23.2 Å². The van der Waals surface area contributed by atoms with Crippen molar-refractivity contribution in [1.29, 1.82) is 0 Å². The zero-order chi connectivity index (χ0) is 13.1. The highest BCUT2D eigenvalue weighted by molar-refractivity contribution is 6.01. The molecule has 18 heavy (non-hydrogen) atoms. The summed E-state index contributed by atoms with van der Waals surface area (Å²) < 4.78 is 6.28. The van der Waals surface area contributed by atoms with Crippen LogP contribution in [0.25, 0.3) is 0 Å². The van der Waals surface area contributed by atoms with E-state index in [9.17, 15) is 4.79 Å². The van der Waals surface area contributed by atoms with Crippen LogP contribution in [-0.4, -0.2) is 17.5 Å². The first-order valence-electron chi connectivity index (χ1n) is 6.72. The Kier molecular flexibility index (Phi) is 2.28. The van der Waals surface area contributed by atoms with Crippen LogP contribution in [0.4, 0.5) is 0 Å². The summed E-state index contributed by atoms with van der Waals surface area (Å²) in [6, 6.07) is 0. The van der Waals surface area contributed by atoms with Crippen LogP contribution in [-0.2, 0) is 9.53 Å². The number of carbonyl (C=O) groups is 1. The molecule has 2 bridgehead atoms.